The highest BCUT2D eigenvalue weighted by molar-refractivity contribution is 9.10. The second-order valence-electron chi connectivity index (χ2n) is 3.88. The lowest BCUT2D eigenvalue weighted by atomic mass is 10.2. The molecule has 0 aliphatic carbocycles. The third-order valence-corrected chi connectivity index (χ3v) is 4.67. The Labute approximate surface area is 126 Å². The lowest BCUT2D eigenvalue weighted by molar-refractivity contribution is -0.140. The van der Waals surface area contributed by atoms with Crippen molar-refractivity contribution in [1.29, 1.82) is 0 Å². The summed E-state index contributed by atoms with van der Waals surface area (Å²) in [6, 6.07) is -0.853. The lowest BCUT2D eigenvalue weighted by Gasteiger charge is -2.14. The number of amides is 1. The molecule has 11 heteroatoms. The molecule has 0 aliphatic rings. The molecule has 0 heterocycles. The molecule has 0 radical (unpaired) electrons. The molecule has 1 atom stereocenters. The van der Waals surface area contributed by atoms with Crippen molar-refractivity contribution >= 4 is 37.8 Å². The molecule has 1 rings (SSSR count). The second-order valence-corrected chi connectivity index (χ2v) is 6.39. The van der Waals surface area contributed by atoms with Crippen LogP contribution in [0.2, 0.25) is 0 Å². The zero-order valence-electron chi connectivity index (χ0n) is 10.1. The molecule has 0 saturated carbocycles. The molecule has 0 fully saturated rings. The number of carbonyl (C=O) groups is 2. The summed E-state index contributed by atoms with van der Waals surface area (Å²) >= 11 is 2.67. The maximum absolute atomic E-state index is 13.6. The molecule has 0 saturated heterocycles. The number of nitrogens with one attached hydrogen (secondary N) is 1. The van der Waals surface area contributed by atoms with Crippen LogP contribution in [0.3, 0.4) is 0 Å². The smallest absolute Gasteiger partial charge is 0.322 e. The number of hydrogen-bond acceptors (Lipinski definition) is 4. The molecular formula is C10H9BrF2N2O5S. The molecule has 1 unspecified atom stereocenters. The highest BCUT2D eigenvalue weighted by atomic mass is 79.9. The van der Waals surface area contributed by atoms with Gasteiger partial charge >= 0.3 is 5.97 Å². The van der Waals surface area contributed by atoms with Crippen molar-refractivity contribution in [3.05, 3.63) is 28.2 Å². The molecule has 116 valence electrons. The fraction of sp³-hybridized carbons (Fsp3) is 0.200. The van der Waals surface area contributed by atoms with Crippen LogP contribution in [0.1, 0.15) is 6.42 Å². The van der Waals surface area contributed by atoms with Crippen molar-refractivity contribution in [2.24, 2.45) is 5.73 Å². The molecule has 7 nitrogen and oxygen atoms in total. The van der Waals surface area contributed by atoms with Crippen LogP contribution < -0.4 is 10.5 Å². The highest BCUT2D eigenvalue weighted by Crippen LogP contribution is 2.26. The summed E-state index contributed by atoms with van der Waals surface area (Å²) in [5.74, 6) is -5.18. The summed E-state index contributed by atoms with van der Waals surface area (Å²) in [6.07, 6.45) is -0.824. The van der Waals surface area contributed by atoms with E-state index in [1.54, 1.807) is 4.72 Å². The Kier molecular flexibility index (Phi) is 5.36. The zero-order valence-corrected chi connectivity index (χ0v) is 12.5. The largest absolute Gasteiger partial charge is 0.480 e. The van der Waals surface area contributed by atoms with Gasteiger partial charge in [0.25, 0.3) is 0 Å². The van der Waals surface area contributed by atoms with Crippen LogP contribution in [0.4, 0.5) is 8.78 Å². The SMILES string of the molecule is NC(=O)CC(NS(=O)(=O)c1c(F)cc(F)cc1Br)C(=O)O. The minimum absolute atomic E-state index is 0.323. The molecule has 0 spiro atoms. The van der Waals surface area contributed by atoms with Crippen molar-refractivity contribution in [3.8, 4) is 0 Å². The first-order valence-electron chi connectivity index (χ1n) is 5.22. The average Bonchev–Trinajstić information content (AvgIpc) is 2.24. The Morgan fingerprint density at radius 3 is 2.38 bits per heavy atom. The fourth-order valence-corrected chi connectivity index (χ4v) is 3.77. The third kappa shape index (κ3) is 4.44. The number of carboxylic acid groups (broad SMARTS) is 1. The number of rotatable bonds is 6. The van der Waals surface area contributed by atoms with Gasteiger partial charge < -0.3 is 10.8 Å². The predicted molar refractivity (Wildman–Crippen MR) is 69.6 cm³/mol. The number of nitrogens with two attached hydrogens (primary N) is 1. The van der Waals surface area contributed by atoms with Crippen LogP contribution in [0.5, 0.6) is 0 Å². The number of aliphatic carboxylic acids is 1. The molecule has 1 aromatic carbocycles. The Bertz CT molecular complexity index is 672. The first-order chi connectivity index (χ1) is 9.54. The van der Waals surface area contributed by atoms with Crippen molar-refractivity contribution < 1.29 is 31.9 Å². The fourth-order valence-electron chi connectivity index (χ4n) is 1.41. The first-order valence-corrected chi connectivity index (χ1v) is 7.50. The normalized spacial score (nSPS) is 12.9. The summed E-state index contributed by atoms with van der Waals surface area (Å²) in [6.45, 7) is 0. The van der Waals surface area contributed by atoms with Gasteiger partial charge in [-0.15, -0.1) is 0 Å². The Morgan fingerprint density at radius 1 is 1.38 bits per heavy atom. The molecule has 1 amide bonds. The number of carbonyl (C=O) groups excluding carboxylic acids is 1. The van der Waals surface area contributed by atoms with Crippen LogP contribution in [0, 0.1) is 11.6 Å². The van der Waals surface area contributed by atoms with Gasteiger partial charge in [0.05, 0.1) is 6.42 Å². The first kappa shape index (κ1) is 17.5. The van der Waals surface area contributed by atoms with Gasteiger partial charge in [-0.3, -0.25) is 9.59 Å². The van der Waals surface area contributed by atoms with Crippen molar-refractivity contribution in [2.45, 2.75) is 17.4 Å². The highest BCUT2D eigenvalue weighted by Gasteiger charge is 2.30. The Balaban J connectivity index is 3.23. The van der Waals surface area contributed by atoms with Gasteiger partial charge in [-0.1, -0.05) is 0 Å². The molecule has 0 aliphatic heterocycles. The van der Waals surface area contributed by atoms with E-state index in [4.69, 9.17) is 10.8 Å². The van der Waals surface area contributed by atoms with E-state index in [0.717, 1.165) is 0 Å². The van der Waals surface area contributed by atoms with Crippen molar-refractivity contribution in [1.82, 2.24) is 4.72 Å². The Hall–Kier alpha value is -1.59. The molecule has 0 bridgehead atoms. The van der Waals surface area contributed by atoms with E-state index in [1.165, 1.54) is 0 Å². The maximum atomic E-state index is 13.6. The minimum atomic E-state index is -4.66. The van der Waals surface area contributed by atoms with Crippen LogP contribution in [0.25, 0.3) is 0 Å². The molecule has 0 aromatic heterocycles. The van der Waals surface area contributed by atoms with Gasteiger partial charge in [0, 0.05) is 10.5 Å². The van der Waals surface area contributed by atoms with Gasteiger partial charge in [-0.05, 0) is 22.0 Å². The van der Waals surface area contributed by atoms with E-state index < -0.39 is 55.4 Å². The van der Waals surface area contributed by atoms with Crippen LogP contribution >= 0.6 is 15.9 Å². The van der Waals surface area contributed by atoms with Gasteiger partial charge in [0.15, 0.2) is 0 Å². The van der Waals surface area contributed by atoms with Crippen molar-refractivity contribution in [3.63, 3.8) is 0 Å². The summed E-state index contributed by atoms with van der Waals surface area (Å²) < 4.78 is 51.6. The average molecular weight is 387 g/mol. The van der Waals surface area contributed by atoms with Gasteiger partial charge in [0.1, 0.15) is 22.6 Å². The lowest BCUT2D eigenvalue weighted by Crippen LogP contribution is -2.43. The topological polar surface area (TPSA) is 127 Å². The van der Waals surface area contributed by atoms with Gasteiger partial charge in [-0.25, -0.2) is 17.2 Å². The van der Waals surface area contributed by atoms with E-state index in [9.17, 15) is 26.8 Å². The number of primary amides is 1. The number of hydrogen-bond donors (Lipinski definition) is 3. The Morgan fingerprint density at radius 2 is 1.95 bits per heavy atom. The third-order valence-electron chi connectivity index (χ3n) is 2.23. The monoisotopic (exact) mass is 386 g/mol. The zero-order chi connectivity index (χ0) is 16.4. The number of sulfonamides is 1. The maximum Gasteiger partial charge on any atom is 0.322 e. The summed E-state index contributed by atoms with van der Waals surface area (Å²) in [7, 11) is -4.66. The second kappa shape index (κ2) is 6.45. The predicted octanol–water partition coefficient (Wildman–Crippen LogP) is 0.334. The van der Waals surface area contributed by atoms with Crippen LogP contribution in [0.15, 0.2) is 21.5 Å². The van der Waals surface area contributed by atoms with E-state index >= 15 is 0 Å². The number of halogens is 3. The minimum Gasteiger partial charge on any atom is -0.480 e. The molecule has 21 heavy (non-hydrogen) atoms. The quantitative estimate of drug-likeness (QED) is 0.649. The van der Waals surface area contributed by atoms with E-state index in [1.807, 2.05) is 0 Å². The number of carboxylic acids is 1. The number of benzene rings is 1. The summed E-state index contributed by atoms with van der Waals surface area (Å²) in [5, 5.41) is 8.81. The summed E-state index contributed by atoms with van der Waals surface area (Å²) in [4.78, 5) is 20.6. The van der Waals surface area contributed by atoms with Crippen LogP contribution in [-0.2, 0) is 19.6 Å². The van der Waals surface area contributed by atoms with Gasteiger partial charge in [0.2, 0.25) is 15.9 Å². The molecular weight excluding hydrogens is 378 g/mol. The molecule has 4 N–H and O–H groups in total. The van der Waals surface area contributed by atoms with Crippen molar-refractivity contribution in [2.75, 3.05) is 0 Å². The van der Waals surface area contributed by atoms with E-state index in [-0.39, 0.29) is 0 Å². The standard InChI is InChI=1S/C10H9BrF2N2O5S/c11-5-1-4(12)2-6(13)9(5)21(19,20)15-7(10(17)18)3-8(14)16/h1-2,7,15H,3H2,(H2,14,16)(H,17,18). The van der Waals surface area contributed by atoms with E-state index in [0.29, 0.717) is 12.1 Å². The molecule has 1 aromatic rings. The van der Waals surface area contributed by atoms with Gasteiger partial charge in [-0.2, -0.15) is 4.72 Å². The van der Waals surface area contributed by atoms with E-state index in [2.05, 4.69) is 15.9 Å². The summed E-state index contributed by atoms with van der Waals surface area (Å²) in [5.41, 5.74) is 4.80. The van der Waals surface area contributed by atoms with Crippen LogP contribution in [-0.4, -0.2) is 31.4 Å².